The summed E-state index contributed by atoms with van der Waals surface area (Å²) in [6.45, 7) is -0.164. The Balaban J connectivity index is 4.28. The number of hydrogen-bond donors (Lipinski definition) is 1. The van der Waals surface area contributed by atoms with E-state index in [0.29, 0.717) is 0 Å². The van der Waals surface area contributed by atoms with Crippen LogP contribution < -0.4 is 0 Å². The molecule has 92 valence electrons. The first kappa shape index (κ1) is 15.3. The van der Waals surface area contributed by atoms with Crippen LogP contribution in [0.3, 0.4) is 0 Å². The van der Waals surface area contributed by atoms with Crippen molar-refractivity contribution in [2.45, 2.75) is 45.6 Å². The molecule has 0 rings (SSSR count). The fourth-order valence-electron chi connectivity index (χ4n) is 1.12. The van der Waals surface area contributed by atoms with Gasteiger partial charge in [0.25, 0.3) is 10.7 Å². The van der Waals surface area contributed by atoms with Gasteiger partial charge < -0.3 is 9.42 Å². The molecule has 1 N–H and O–H groups in total. The van der Waals surface area contributed by atoms with E-state index in [0.717, 1.165) is 32.8 Å². The maximum atomic E-state index is 11.3. The molecule has 0 aliphatic heterocycles. The summed E-state index contributed by atoms with van der Waals surface area (Å²) in [4.78, 5) is 9.09. The van der Waals surface area contributed by atoms with E-state index in [9.17, 15) is 8.77 Å². The fraction of sp³-hybridized carbons (Fsp3) is 1.00. The van der Waals surface area contributed by atoms with Crippen LogP contribution in [0.4, 0.5) is 0 Å². The molecule has 2 atom stereocenters. The Hall–Kier alpha value is 0.260. The predicted molar refractivity (Wildman–Crippen MR) is 59.7 cm³/mol. The Labute approximate surface area is 93.1 Å². The van der Waals surface area contributed by atoms with E-state index in [4.69, 9.17) is 9.08 Å². The third-order valence-corrected chi connectivity index (χ3v) is 4.97. The van der Waals surface area contributed by atoms with E-state index in [1.165, 1.54) is 0 Å². The highest BCUT2D eigenvalue weighted by molar-refractivity contribution is 8.43. The van der Waals surface area contributed by atoms with Gasteiger partial charge in [-0.1, -0.05) is 26.7 Å². The summed E-state index contributed by atoms with van der Waals surface area (Å²) >= 11 is 0. The standard InChI is InChI=1S/C8H19O5PS/c1-4-6-8(7-5-2)13-15(11)14(9,10)12-3/h8H,4-7H2,1-3H3,(H,9,10). The lowest BCUT2D eigenvalue weighted by Crippen LogP contribution is -2.14. The second-order valence-electron chi connectivity index (χ2n) is 3.16. The Kier molecular flexibility index (Phi) is 7.65. The lowest BCUT2D eigenvalue weighted by Gasteiger charge is -2.16. The minimum absolute atomic E-state index is 0.239. The number of rotatable bonds is 8. The molecule has 0 heterocycles. The second kappa shape index (κ2) is 7.52. The molecule has 0 aromatic heterocycles. The smallest absolute Gasteiger partial charge is 0.313 e. The molecule has 0 aliphatic rings. The van der Waals surface area contributed by atoms with Crippen molar-refractivity contribution >= 4 is 17.5 Å². The third-order valence-electron chi connectivity index (χ3n) is 1.86. The van der Waals surface area contributed by atoms with Gasteiger partial charge in [0.2, 0.25) is 0 Å². The quantitative estimate of drug-likeness (QED) is 0.677. The topological polar surface area (TPSA) is 72.8 Å². The van der Waals surface area contributed by atoms with Crippen LogP contribution in [0.1, 0.15) is 39.5 Å². The van der Waals surface area contributed by atoms with Gasteiger partial charge in [0.05, 0.1) is 6.10 Å². The van der Waals surface area contributed by atoms with E-state index < -0.39 is 17.5 Å². The zero-order valence-electron chi connectivity index (χ0n) is 9.34. The van der Waals surface area contributed by atoms with Crippen LogP contribution in [0, 0.1) is 0 Å². The summed E-state index contributed by atoms with van der Waals surface area (Å²) in [7, 11) is -1.24. The molecule has 2 unspecified atom stereocenters. The highest BCUT2D eigenvalue weighted by atomic mass is 32.8. The molecule has 15 heavy (non-hydrogen) atoms. The van der Waals surface area contributed by atoms with Crippen molar-refractivity contribution in [1.29, 1.82) is 0 Å². The van der Waals surface area contributed by atoms with Crippen LogP contribution in [-0.4, -0.2) is 22.3 Å². The Morgan fingerprint density at radius 1 is 1.33 bits per heavy atom. The molecule has 0 fully saturated rings. The predicted octanol–water partition coefficient (Wildman–Crippen LogP) is 2.38. The zero-order valence-corrected chi connectivity index (χ0v) is 11.1. The molecule has 5 nitrogen and oxygen atoms in total. The molecule has 0 radical (unpaired) electrons. The van der Waals surface area contributed by atoms with Crippen molar-refractivity contribution < 1.29 is 22.4 Å². The first-order valence-electron chi connectivity index (χ1n) is 4.96. The highest BCUT2D eigenvalue weighted by Crippen LogP contribution is 2.46. The van der Waals surface area contributed by atoms with Gasteiger partial charge >= 0.3 is 6.80 Å². The van der Waals surface area contributed by atoms with Crippen LogP contribution in [0.2, 0.25) is 0 Å². The van der Waals surface area contributed by atoms with Gasteiger partial charge in [0.1, 0.15) is 0 Å². The SMILES string of the molecule is CCCC(CCC)OS(=O)P(=O)(O)OC. The molecule has 0 bridgehead atoms. The summed E-state index contributed by atoms with van der Waals surface area (Å²) < 4.78 is 31.7. The van der Waals surface area contributed by atoms with E-state index in [1.807, 2.05) is 13.8 Å². The molecule has 0 spiro atoms. The van der Waals surface area contributed by atoms with E-state index in [1.54, 1.807) is 0 Å². The van der Waals surface area contributed by atoms with E-state index in [2.05, 4.69) is 4.52 Å². The molecule has 7 heteroatoms. The average Bonchev–Trinajstić information content (AvgIpc) is 2.18. The first-order chi connectivity index (χ1) is 6.97. The highest BCUT2D eigenvalue weighted by Gasteiger charge is 2.30. The molecule has 0 saturated heterocycles. The van der Waals surface area contributed by atoms with Gasteiger partial charge in [0, 0.05) is 7.11 Å². The van der Waals surface area contributed by atoms with E-state index >= 15 is 0 Å². The summed E-state index contributed by atoms with van der Waals surface area (Å²) in [5, 5.41) is 0. The second-order valence-corrected chi connectivity index (χ2v) is 7.37. The molecule has 0 aliphatic carbocycles. The fourth-order valence-corrected chi connectivity index (χ4v) is 2.83. The Bertz CT molecular complexity index is 239. The van der Waals surface area contributed by atoms with Gasteiger partial charge in [-0.05, 0) is 12.8 Å². The van der Waals surface area contributed by atoms with Crippen molar-refractivity contribution in [3.05, 3.63) is 0 Å². The maximum Gasteiger partial charge on any atom is 0.442 e. The van der Waals surface area contributed by atoms with Crippen molar-refractivity contribution in [2.24, 2.45) is 0 Å². The van der Waals surface area contributed by atoms with Gasteiger partial charge in [0.15, 0.2) is 0 Å². The lowest BCUT2D eigenvalue weighted by atomic mass is 10.1. The summed E-state index contributed by atoms with van der Waals surface area (Å²) in [6, 6.07) is 0. The summed E-state index contributed by atoms with van der Waals surface area (Å²) in [6.07, 6.45) is 2.97. The molecule has 0 saturated carbocycles. The molecule has 0 amide bonds. The third kappa shape index (κ3) is 5.78. The zero-order chi connectivity index (χ0) is 11.9. The lowest BCUT2D eigenvalue weighted by molar-refractivity contribution is 0.200. The normalized spacial score (nSPS) is 17.7. The van der Waals surface area contributed by atoms with Crippen molar-refractivity contribution in [3.8, 4) is 0 Å². The Morgan fingerprint density at radius 3 is 2.13 bits per heavy atom. The minimum Gasteiger partial charge on any atom is -0.313 e. The van der Waals surface area contributed by atoms with Crippen LogP contribution in [0.25, 0.3) is 0 Å². The van der Waals surface area contributed by atoms with E-state index in [-0.39, 0.29) is 6.10 Å². The maximum absolute atomic E-state index is 11.3. The van der Waals surface area contributed by atoms with Crippen LogP contribution in [0.15, 0.2) is 0 Å². The largest absolute Gasteiger partial charge is 0.442 e. The monoisotopic (exact) mass is 258 g/mol. The van der Waals surface area contributed by atoms with Gasteiger partial charge in [-0.15, -0.1) is 0 Å². The molecular formula is C8H19O5PS. The minimum atomic E-state index is -4.12. The number of hydrogen-bond acceptors (Lipinski definition) is 4. The first-order valence-corrected chi connectivity index (χ1v) is 8.21. The van der Waals surface area contributed by atoms with Gasteiger partial charge in [-0.25, -0.2) is 8.77 Å². The van der Waals surface area contributed by atoms with Crippen molar-refractivity contribution in [2.75, 3.05) is 7.11 Å². The summed E-state index contributed by atoms with van der Waals surface area (Å²) in [5.74, 6) is 0. The van der Waals surface area contributed by atoms with Crippen molar-refractivity contribution in [3.63, 3.8) is 0 Å². The molecule has 0 aromatic rings. The van der Waals surface area contributed by atoms with Crippen LogP contribution >= 0.6 is 6.80 Å². The van der Waals surface area contributed by atoms with Gasteiger partial charge in [-0.3, -0.25) is 4.18 Å². The van der Waals surface area contributed by atoms with Crippen LogP contribution in [0.5, 0.6) is 0 Å². The average molecular weight is 258 g/mol. The molecule has 0 aromatic carbocycles. The molecular weight excluding hydrogens is 239 g/mol. The van der Waals surface area contributed by atoms with Crippen molar-refractivity contribution in [1.82, 2.24) is 0 Å². The summed E-state index contributed by atoms with van der Waals surface area (Å²) in [5.41, 5.74) is 0. The van der Waals surface area contributed by atoms with Crippen LogP contribution in [-0.2, 0) is 24.0 Å². The van der Waals surface area contributed by atoms with Gasteiger partial charge in [-0.2, -0.15) is 0 Å². The Morgan fingerprint density at radius 2 is 1.80 bits per heavy atom.